The predicted molar refractivity (Wildman–Crippen MR) is 71.4 cm³/mol. The molecule has 15 heavy (non-hydrogen) atoms. The topological polar surface area (TPSA) is 29.3 Å². The third-order valence-electron chi connectivity index (χ3n) is 2.54. The van der Waals surface area contributed by atoms with E-state index >= 15 is 0 Å². The summed E-state index contributed by atoms with van der Waals surface area (Å²) in [5.74, 6) is 0. The van der Waals surface area contributed by atoms with E-state index in [9.17, 15) is 0 Å². The molecule has 1 unspecified atom stereocenters. The summed E-state index contributed by atoms with van der Waals surface area (Å²) in [5.41, 5.74) is 5.62. The van der Waals surface area contributed by atoms with Crippen molar-refractivity contribution in [3.8, 4) is 0 Å². The highest BCUT2D eigenvalue weighted by atomic mass is 32.1. The van der Waals surface area contributed by atoms with Gasteiger partial charge in [-0.1, -0.05) is 19.1 Å². The average Bonchev–Trinajstić information content (AvgIpc) is 2.64. The molecule has 1 heterocycles. The Morgan fingerprint density at radius 3 is 2.60 bits per heavy atom. The van der Waals surface area contributed by atoms with Gasteiger partial charge >= 0.3 is 0 Å². The minimum Gasteiger partial charge on any atom is -0.392 e. The summed E-state index contributed by atoms with van der Waals surface area (Å²) in [4.78, 5) is 5.54. The first-order valence-corrected chi connectivity index (χ1v) is 6.34. The van der Waals surface area contributed by atoms with E-state index in [0.29, 0.717) is 4.99 Å². The fourth-order valence-corrected chi connectivity index (χ4v) is 2.50. The van der Waals surface area contributed by atoms with E-state index in [2.05, 4.69) is 31.0 Å². The van der Waals surface area contributed by atoms with Crippen molar-refractivity contribution in [2.24, 2.45) is 5.73 Å². The molecule has 1 aromatic rings. The molecule has 1 aromatic heterocycles. The molecule has 0 aliphatic heterocycles. The summed E-state index contributed by atoms with van der Waals surface area (Å²) in [6, 6.07) is 4.54. The lowest BCUT2D eigenvalue weighted by Crippen LogP contribution is -2.38. The van der Waals surface area contributed by atoms with Crippen LogP contribution in [0.1, 0.15) is 23.6 Å². The molecule has 0 saturated heterocycles. The van der Waals surface area contributed by atoms with Gasteiger partial charge in [-0.3, -0.25) is 4.90 Å². The Labute approximate surface area is 101 Å². The number of rotatable bonds is 5. The number of aryl methyl sites for hydroxylation is 1. The van der Waals surface area contributed by atoms with Gasteiger partial charge in [0.1, 0.15) is 0 Å². The van der Waals surface area contributed by atoms with Gasteiger partial charge < -0.3 is 5.73 Å². The van der Waals surface area contributed by atoms with E-state index in [4.69, 9.17) is 18.0 Å². The number of thiocarbonyl (C=S) groups is 1. The second-order valence-corrected chi connectivity index (χ2v) is 5.44. The Kier molecular flexibility index (Phi) is 4.70. The fourth-order valence-electron chi connectivity index (χ4n) is 1.30. The average molecular weight is 242 g/mol. The van der Waals surface area contributed by atoms with Crippen molar-refractivity contribution in [3.05, 3.63) is 21.9 Å². The van der Waals surface area contributed by atoms with Crippen LogP contribution < -0.4 is 5.73 Å². The summed E-state index contributed by atoms with van der Waals surface area (Å²) >= 11 is 6.84. The van der Waals surface area contributed by atoms with E-state index in [0.717, 1.165) is 13.0 Å². The molecule has 0 amide bonds. The Bertz CT molecular complexity index is 333. The molecule has 0 aliphatic rings. The first-order chi connectivity index (χ1) is 7.04. The second-order valence-electron chi connectivity index (χ2n) is 3.72. The molecule has 0 fully saturated rings. The summed E-state index contributed by atoms with van der Waals surface area (Å²) in [6.07, 6.45) is 1.11. The predicted octanol–water partition coefficient (Wildman–Crippen LogP) is 2.42. The molecular weight excluding hydrogens is 224 g/mol. The highest BCUT2D eigenvalue weighted by molar-refractivity contribution is 7.80. The van der Waals surface area contributed by atoms with Gasteiger partial charge in [-0.05, 0) is 32.5 Å². The lowest BCUT2D eigenvalue weighted by molar-refractivity contribution is 0.307. The van der Waals surface area contributed by atoms with Crippen LogP contribution in [0.15, 0.2) is 12.1 Å². The van der Waals surface area contributed by atoms with Crippen molar-refractivity contribution in [2.75, 3.05) is 7.05 Å². The molecule has 1 atom stereocenters. The third-order valence-corrected chi connectivity index (χ3v) is 4.10. The van der Waals surface area contributed by atoms with Crippen molar-refractivity contribution >= 4 is 28.5 Å². The van der Waals surface area contributed by atoms with Gasteiger partial charge in [0, 0.05) is 16.3 Å². The van der Waals surface area contributed by atoms with Crippen molar-refractivity contribution < 1.29 is 0 Å². The molecule has 84 valence electrons. The first-order valence-electron chi connectivity index (χ1n) is 5.11. The highest BCUT2D eigenvalue weighted by Crippen LogP contribution is 2.18. The molecule has 0 saturated carbocycles. The maximum Gasteiger partial charge on any atom is 0.0899 e. The number of nitrogens with zero attached hydrogens (tertiary/aromatic N) is 1. The van der Waals surface area contributed by atoms with E-state index in [1.54, 1.807) is 0 Å². The maximum absolute atomic E-state index is 5.62. The van der Waals surface area contributed by atoms with Crippen LogP contribution in [0.5, 0.6) is 0 Å². The molecule has 0 bridgehead atoms. The molecule has 2 nitrogen and oxygen atoms in total. The Hall–Kier alpha value is -0.450. The van der Waals surface area contributed by atoms with Gasteiger partial charge in [0.25, 0.3) is 0 Å². The standard InChI is InChI=1S/C11H18N2S2/c1-4-9-5-6-10(15-9)7-13(3)8(2)11(12)14/h5-6,8H,4,7H2,1-3H3,(H2,12,14). The van der Waals surface area contributed by atoms with Crippen molar-refractivity contribution in [3.63, 3.8) is 0 Å². The number of thiophene rings is 1. The van der Waals surface area contributed by atoms with Crippen LogP contribution in [0.4, 0.5) is 0 Å². The monoisotopic (exact) mass is 242 g/mol. The van der Waals surface area contributed by atoms with Gasteiger partial charge in [0.05, 0.1) is 11.0 Å². The van der Waals surface area contributed by atoms with Crippen molar-refractivity contribution in [1.29, 1.82) is 0 Å². The molecular formula is C11H18N2S2. The van der Waals surface area contributed by atoms with Crippen LogP contribution in [0, 0.1) is 0 Å². The number of nitrogens with two attached hydrogens (primary N) is 1. The Morgan fingerprint density at radius 1 is 1.53 bits per heavy atom. The number of likely N-dealkylation sites (N-methyl/N-ethyl adjacent to an activating group) is 1. The molecule has 0 radical (unpaired) electrons. The van der Waals surface area contributed by atoms with Crippen molar-refractivity contribution in [1.82, 2.24) is 4.90 Å². The molecule has 2 N–H and O–H groups in total. The molecule has 0 aliphatic carbocycles. The number of hydrogen-bond donors (Lipinski definition) is 1. The smallest absolute Gasteiger partial charge is 0.0899 e. The maximum atomic E-state index is 5.62. The van der Waals surface area contributed by atoms with Crippen LogP contribution in [0.3, 0.4) is 0 Å². The summed E-state index contributed by atoms with van der Waals surface area (Å²) in [6.45, 7) is 5.14. The van der Waals surface area contributed by atoms with Gasteiger partial charge in [-0.25, -0.2) is 0 Å². The van der Waals surface area contributed by atoms with Crippen molar-refractivity contribution in [2.45, 2.75) is 32.9 Å². The summed E-state index contributed by atoms with van der Waals surface area (Å²) < 4.78 is 0. The van der Waals surface area contributed by atoms with Crippen LogP contribution in [-0.4, -0.2) is 23.0 Å². The second kappa shape index (κ2) is 5.58. The zero-order valence-electron chi connectivity index (χ0n) is 9.49. The third kappa shape index (κ3) is 3.55. The normalized spacial score (nSPS) is 13.1. The van der Waals surface area contributed by atoms with E-state index in [1.165, 1.54) is 9.75 Å². The Morgan fingerprint density at radius 2 is 2.13 bits per heavy atom. The van der Waals surface area contributed by atoms with Crippen LogP contribution in [0.2, 0.25) is 0 Å². The summed E-state index contributed by atoms with van der Waals surface area (Å²) in [5, 5.41) is 0. The van der Waals surface area contributed by atoms with Gasteiger partial charge in [0.15, 0.2) is 0 Å². The summed E-state index contributed by atoms with van der Waals surface area (Å²) in [7, 11) is 2.05. The zero-order chi connectivity index (χ0) is 11.4. The molecule has 0 spiro atoms. The molecule has 4 heteroatoms. The van der Waals surface area contributed by atoms with Gasteiger partial charge in [-0.2, -0.15) is 0 Å². The van der Waals surface area contributed by atoms with E-state index < -0.39 is 0 Å². The van der Waals surface area contributed by atoms with E-state index in [1.807, 2.05) is 18.3 Å². The largest absolute Gasteiger partial charge is 0.392 e. The Balaban J connectivity index is 2.57. The molecule has 0 aromatic carbocycles. The van der Waals surface area contributed by atoms with Crippen LogP contribution in [-0.2, 0) is 13.0 Å². The zero-order valence-corrected chi connectivity index (χ0v) is 11.1. The minimum atomic E-state index is 0.159. The quantitative estimate of drug-likeness (QED) is 0.804. The lowest BCUT2D eigenvalue weighted by Gasteiger charge is -2.22. The minimum absolute atomic E-state index is 0.159. The van der Waals surface area contributed by atoms with Crippen LogP contribution >= 0.6 is 23.6 Å². The SMILES string of the molecule is CCc1ccc(CN(C)C(C)C(N)=S)s1. The van der Waals surface area contributed by atoms with E-state index in [-0.39, 0.29) is 6.04 Å². The van der Waals surface area contributed by atoms with Crippen LogP contribution in [0.25, 0.3) is 0 Å². The van der Waals surface area contributed by atoms with Gasteiger partial charge in [0.2, 0.25) is 0 Å². The highest BCUT2D eigenvalue weighted by Gasteiger charge is 2.12. The van der Waals surface area contributed by atoms with Gasteiger partial charge in [-0.15, -0.1) is 11.3 Å². The number of hydrogen-bond acceptors (Lipinski definition) is 3. The fraction of sp³-hybridized carbons (Fsp3) is 0.545. The molecule has 1 rings (SSSR count). The lowest BCUT2D eigenvalue weighted by atomic mass is 10.3. The first kappa shape index (κ1) is 12.6.